The van der Waals surface area contributed by atoms with Gasteiger partial charge in [0.1, 0.15) is 17.4 Å². The largest absolute Gasteiger partial charge is 0.467 e. The maximum absolute atomic E-state index is 13.9. The average molecular weight is 388 g/mol. The molecule has 0 atom stereocenters. The highest BCUT2D eigenvalue weighted by atomic mass is 19.1. The molecule has 148 valence electrons. The quantitative estimate of drug-likeness (QED) is 0.787. The van der Waals surface area contributed by atoms with E-state index in [2.05, 4.69) is 0 Å². The first-order valence-electron chi connectivity index (χ1n) is 9.60. The van der Waals surface area contributed by atoms with Gasteiger partial charge in [0.05, 0.1) is 18.4 Å². The number of furan rings is 1. The van der Waals surface area contributed by atoms with Gasteiger partial charge in [0.2, 0.25) is 5.91 Å². The maximum Gasteiger partial charge on any atom is 0.256 e. The predicted molar refractivity (Wildman–Crippen MR) is 97.3 cm³/mol. The third-order valence-electron chi connectivity index (χ3n) is 5.47. The Labute approximate surface area is 161 Å². The van der Waals surface area contributed by atoms with Crippen molar-refractivity contribution in [3.8, 4) is 0 Å². The number of carbonyl (C=O) groups excluding carboxylic acids is 2. The molecule has 0 spiro atoms. The van der Waals surface area contributed by atoms with E-state index in [4.69, 9.17) is 4.42 Å². The number of nitrogens with zero attached hydrogens (tertiary/aromatic N) is 2. The van der Waals surface area contributed by atoms with Crippen molar-refractivity contribution in [3.05, 3.63) is 59.6 Å². The van der Waals surface area contributed by atoms with Crippen LogP contribution in [0.4, 0.5) is 8.78 Å². The second kappa shape index (κ2) is 7.73. The van der Waals surface area contributed by atoms with Crippen molar-refractivity contribution < 1.29 is 22.8 Å². The number of amides is 2. The summed E-state index contributed by atoms with van der Waals surface area (Å²) in [4.78, 5) is 29.0. The molecule has 0 radical (unpaired) electrons. The van der Waals surface area contributed by atoms with E-state index in [9.17, 15) is 18.4 Å². The SMILES string of the molecule is O=C(c1ccc(F)cc1F)N1CCC(C(=O)N(Cc2ccco2)C2CC2)CC1. The molecule has 2 amide bonds. The summed E-state index contributed by atoms with van der Waals surface area (Å²) in [5, 5.41) is 0. The van der Waals surface area contributed by atoms with E-state index >= 15 is 0 Å². The smallest absolute Gasteiger partial charge is 0.256 e. The summed E-state index contributed by atoms with van der Waals surface area (Å²) >= 11 is 0. The van der Waals surface area contributed by atoms with Gasteiger partial charge >= 0.3 is 0 Å². The molecule has 2 fully saturated rings. The molecular formula is C21H22F2N2O3. The Bertz CT molecular complexity index is 857. The zero-order chi connectivity index (χ0) is 19.7. The van der Waals surface area contributed by atoms with Crippen molar-refractivity contribution in [2.75, 3.05) is 13.1 Å². The van der Waals surface area contributed by atoms with Crippen LogP contribution in [0.1, 0.15) is 41.8 Å². The minimum Gasteiger partial charge on any atom is -0.467 e. The Morgan fingerprint density at radius 3 is 2.46 bits per heavy atom. The standard InChI is InChI=1S/C21H22F2N2O3/c22-15-3-6-18(19(23)12-15)21(27)24-9-7-14(8-10-24)20(26)25(16-4-5-16)13-17-2-1-11-28-17/h1-3,6,11-12,14,16H,4-5,7-10,13H2. The lowest BCUT2D eigenvalue weighted by Gasteiger charge is -2.34. The second-order valence-electron chi connectivity index (χ2n) is 7.47. The number of halogens is 2. The van der Waals surface area contributed by atoms with Gasteiger partial charge in [-0.3, -0.25) is 9.59 Å². The molecule has 2 aromatic rings. The summed E-state index contributed by atoms with van der Waals surface area (Å²) in [6.07, 6.45) is 4.69. The van der Waals surface area contributed by atoms with Crippen LogP contribution in [0.2, 0.25) is 0 Å². The number of piperidine rings is 1. The van der Waals surface area contributed by atoms with Gasteiger partial charge in [0, 0.05) is 31.1 Å². The van der Waals surface area contributed by atoms with Gasteiger partial charge < -0.3 is 14.2 Å². The summed E-state index contributed by atoms with van der Waals surface area (Å²) in [5.74, 6) is -1.33. The Hall–Kier alpha value is -2.70. The fourth-order valence-electron chi connectivity index (χ4n) is 3.74. The lowest BCUT2D eigenvalue weighted by atomic mass is 9.94. The van der Waals surface area contributed by atoms with Crippen LogP contribution in [0, 0.1) is 17.6 Å². The highest BCUT2D eigenvalue weighted by molar-refractivity contribution is 5.94. The van der Waals surface area contributed by atoms with Crippen LogP contribution in [0.5, 0.6) is 0 Å². The fraction of sp³-hybridized carbons (Fsp3) is 0.429. The van der Waals surface area contributed by atoms with E-state index < -0.39 is 17.5 Å². The van der Waals surface area contributed by atoms with Crippen molar-refractivity contribution in [3.63, 3.8) is 0 Å². The zero-order valence-electron chi connectivity index (χ0n) is 15.4. The van der Waals surface area contributed by atoms with Gasteiger partial charge in [0.25, 0.3) is 5.91 Å². The summed E-state index contributed by atoms with van der Waals surface area (Å²) < 4.78 is 32.3. The molecule has 1 saturated heterocycles. The van der Waals surface area contributed by atoms with E-state index in [1.165, 1.54) is 11.0 Å². The molecule has 0 N–H and O–H groups in total. The number of rotatable bonds is 5. The van der Waals surface area contributed by atoms with Gasteiger partial charge in [0.15, 0.2) is 0 Å². The summed E-state index contributed by atoms with van der Waals surface area (Å²) in [5.41, 5.74) is -0.136. The molecule has 0 bridgehead atoms. The minimum absolute atomic E-state index is 0.0963. The number of hydrogen-bond acceptors (Lipinski definition) is 3. The van der Waals surface area contributed by atoms with Crippen LogP contribution in [0.15, 0.2) is 41.0 Å². The van der Waals surface area contributed by atoms with Crippen molar-refractivity contribution >= 4 is 11.8 Å². The van der Waals surface area contributed by atoms with Crippen LogP contribution in [0.3, 0.4) is 0 Å². The van der Waals surface area contributed by atoms with Crippen LogP contribution in [-0.2, 0) is 11.3 Å². The Kier molecular flexibility index (Phi) is 5.15. The molecule has 1 aliphatic carbocycles. The summed E-state index contributed by atoms with van der Waals surface area (Å²) in [7, 11) is 0. The maximum atomic E-state index is 13.9. The van der Waals surface area contributed by atoms with Gasteiger partial charge in [-0.05, 0) is 49.9 Å². The topological polar surface area (TPSA) is 53.8 Å². The molecule has 4 rings (SSSR count). The molecule has 2 heterocycles. The first-order valence-corrected chi connectivity index (χ1v) is 9.60. The average Bonchev–Trinajstić information content (AvgIpc) is 3.41. The Morgan fingerprint density at radius 2 is 1.86 bits per heavy atom. The number of hydrogen-bond donors (Lipinski definition) is 0. The van der Waals surface area contributed by atoms with E-state index in [0.717, 1.165) is 24.7 Å². The van der Waals surface area contributed by atoms with Crippen LogP contribution in [0.25, 0.3) is 0 Å². The molecule has 2 aliphatic rings. The van der Waals surface area contributed by atoms with Gasteiger partial charge in [-0.2, -0.15) is 0 Å². The molecule has 1 saturated carbocycles. The summed E-state index contributed by atoms with van der Waals surface area (Å²) in [6, 6.07) is 6.90. The van der Waals surface area contributed by atoms with Crippen molar-refractivity contribution in [2.24, 2.45) is 5.92 Å². The van der Waals surface area contributed by atoms with Gasteiger partial charge in [-0.1, -0.05) is 0 Å². The van der Waals surface area contributed by atoms with Crippen molar-refractivity contribution in [2.45, 2.75) is 38.3 Å². The van der Waals surface area contributed by atoms with E-state index in [1.54, 1.807) is 6.26 Å². The molecule has 28 heavy (non-hydrogen) atoms. The molecule has 1 aromatic heterocycles. The minimum atomic E-state index is -0.860. The monoisotopic (exact) mass is 388 g/mol. The number of carbonyl (C=O) groups is 2. The highest BCUT2D eigenvalue weighted by Gasteiger charge is 2.38. The Morgan fingerprint density at radius 1 is 1.11 bits per heavy atom. The van der Waals surface area contributed by atoms with Crippen LogP contribution >= 0.6 is 0 Å². The van der Waals surface area contributed by atoms with Gasteiger partial charge in [-0.15, -0.1) is 0 Å². The Balaban J connectivity index is 1.37. The second-order valence-corrected chi connectivity index (χ2v) is 7.47. The molecule has 0 unspecified atom stereocenters. The zero-order valence-corrected chi connectivity index (χ0v) is 15.4. The lowest BCUT2D eigenvalue weighted by Crippen LogP contribution is -2.45. The number of likely N-dealkylation sites (tertiary alicyclic amines) is 1. The molecule has 7 heteroatoms. The predicted octanol–water partition coefficient (Wildman–Crippen LogP) is 3.60. The van der Waals surface area contributed by atoms with Crippen LogP contribution in [-0.4, -0.2) is 40.7 Å². The van der Waals surface area contributed by atoms with E-state index in [0.29, 0.717) is 38.5 Å². The van der Waals surface area contributed by atoms with Crippen molar-refractivity contribution in [1.82, 2.24) is 9.80 Å². The highest BCUT2D eigenvalue weighted by Crippen LogP contribution is 2.32. The molecule has 1 aliphatic heterocycles. The van der Waals surface area contributed by atoms with Crippen LogP contribution < -0.4 is 0 Å². The number of benzene rings is 1. The van der Waals surface area contributed by atoms with E-state index in [-0.39, 0.29) is 23.4 Å². The molecular weight excluding hydrogens is 366 g/mol. The fourth-order valence-corrected chi connectivity index (χ4v) is 3.74. The molecule has 5 nitrogen and oxygen atoms in total. The van der Waals surface area contributed by atoms with Gasteiger partial charge in [-0.25, -0.2) is 8.78 Å². The van der Waals surface area contributed by atoms with Crippen molar-refractivity contribution in [1.29, 1.82) is 0 Å². The lowest BCUT2D eigenvalue weighted by molar-refractivity contribution is -0.138. The third kappa shape index (κ3) is 3.93. The van der Waals surface area contributed by atoms with E-state index in [1.807, 2.05) is 17.0 Å². The normalized spacial score (nSPS) is 17.6. The third-order valence-corrected chi connectivity index (χ3v) is 5.47. The molecule has 1 aromatic carbocycles. The summed E-state index contributed by atoms with van der Waals surface area (Å²) in [6.45, 7) is 1.23. The first-order chi connectivity index (χ1) is 13.5. The first kappa shape index (κ1) is 18.7.